The van der Waals surface area contributed by atoms with Crippen LogP contribution in [0.25, 0.3) is 0 Å². The molecule has 0 fully saturated rings. The minimum absolute atomic E-state index is 0.0147. The number of halogens is 1. The van der Waals surface area contributed by atoms with Gasteiger partial charge in [-0.15, -0.1) is 0 Å². The van der Waals surface area contributed by atoms with Gasteiger partial charge < -0.3 is 10.1 Å². The maximum atomic E-state index is 12.0. The van der Waals surface area contributed by atoms with Crippen molar-refractivity contribution in [1.29, 1.82) is 0 Å². The zero-order valence-electron chi connectivity index (χ0n) is 13.0. The van der Waals surface area contributed by atoms with Crippen LogP contribution in [-0.4, -0.2) is 12.5 Å². The Balaban J connectivity index is 1.88. The number of benzene rings is 2. The van der Waals surface area contributed by atoms with E-state index in [0.717, 1.165) is 15.6 Å². The Labute approximate surface area is 139 Å². The number of hydrogen-bond donors (Lipinski definition) is 1. The van der Waals surface area contributed by atoms with Gasteiger partial charge in [0.1, 0.15) is 5.75 Å². The fourth-order valence-electron chi connectivity index (χ4n) is 2.09. The van der Waals surface area contributed by atoms with Gasteiger partial charge in [-0.1, -0.05) is 34.1 Å². The molecule has 0 aliphatic carbocycles. The predicted molar refractivity (Wildman–Crippen MR) is 92.1 cm³/mol. The van der Waals surface area contributed by atoms with Gasteiger partial charge in [0.05, 0.1) is 6.04 Å². The quantitative estimate of drug-likeness (QED) is 0.860. The maximum absolute atomic E-state index is 12.0. The minimum Gasteiger partial charge on any atom is -0.484 e. The van der Waals surface area contributed by atoms with Crippen LogP contribution >= 0.6 is 15.9 Å². The summed E-state index contributed by atoms with van der Waals surface area (Å²) in [5, 5.41) is 2.93. The van der Waals surface area contributed by atoms with Crippen LogP contribution in [0.15, 0.2) is 46.9 Å². The van der Waals surface area contributed by atoms with E-state index in [1.165, 1.54) is 5.56 Å². The molecule has 0 saturated carbocycles. The number of aryl methyl sites for hydroxylation is 2. The second-order valence-electron chi connectivity index (χ2n) is 5.38. The molecule has 0 bridgehead atoms. The maximum Gasteiger partial charge on any atom is 0.258 e. The molecule has 4 heteroatoms. The van der Waals surface area contributed by atoms with Gasteiger partial charge in [0.25, 0.3) is 5.91 Å². The zero-order chi connectivity index (χ0) is 16.1. The summed E-state index contributed by atoms with van der Waals surface area (Å²) in [6.45, 7) is 6.04. The van der Waals surface area contributed by atoms with Crippen molar-refractivity contribution in [2.75, 3.05) is 6.61 Å². The van der Waals surface area contributed by atoms with Crippen LogP contribution in [0.4, 0.5) is 0 Å². The van der Waals surface area contributed by atoms with Gasteiger partial charge in [-0.25, -0.2) is 0 Å². The molecule has 0 aliphatic rings. The Morgan fingerprint density at radius 2 is 1.95 bits per heavy atom. The average molecular weight is 362 g/mol. The van der Waals surface area contributed by atoms with Gasteiger partial charge in [0, 0.05) is 4.47 Å². The summed E-state index contributed by atoms with van der Waals surface area (Å²) in [6.07, 6.45) is 0. The van der Waals surface area contributed by atoms with E-state index in [2.05, 4.69) is 21.2 Å². The Hall–Kier alpha value is -1.81. The highest BCUT2D eigenvalue weighted by Gasteiger charge is 2.10. The van der Waals surface area contributed by atoms with Crippen molar-refractivity contribution in [1.82, 2.24) is 5.32 Å². The number of carbonyl (C=O) groups excluding carboxylic acids is 1. The van der Waals surface area contributed by atoms with Crippen LogP contribution in [0, 0.1) is 13.8 Å². The molecule has 1 unspecified atom stereocenters. The lowest BCUT2D eigenvalue weighted by Crippen LogP contribution is -2.31. The second kappa shape index (κ2) is 7.45. The topological polar surface area (TPSA) is 38.3 Å². The predicted octanol–water partition coefficient (Wildman–Crippen LogP) is 4.32. The number of ether oxygens (including phenoxy) is 1. The molecule has 0 aromatic heterocycles. The number of nitrogens with one attached hydrogen (secondary N) is 1. The van der Waals surface area contributed by atoms with Gasteiger partial charge in [-0.2, -0.15) is 0 Å². The molecule has 2 rings (SSSR count). The molecule has 1 atom stereocenters. The highest BCUT2D eigenvalue weighted by atomic mass is 79.9. The molecule has 2 aromatic rings. The molecule has 0 spiro atoms. The first-order valence-corrected chi connectivity index (χ1v) is 8.00. The van der Waals surface area contributed by atoms with E-state index in [1.807, 2.05) is 63.2 Å². The lowest BCUT2D eigenvalue weighted by molar-refractivity contribution is -0.123. The third-order valence-electron chi connectivity index (χ3n) is 3.57. The molecule has 0 saturated heterocycles. The lowest BCUT2D eigenvalue weighted by Gasteiger charge is -2.15. The van der Waals surface area contributed by atoms with E-state index in [0.29, 0.717) is 5.75 Å². The molecular weight excluding hydrogens is 342 g/mol. The molecule has 116 valence electrons. The second-order valence-corrected chi connectivity index (χ2v) is 6.29. The fourth-order valence-corrected chi connectivity index (χ4v) is 2.51. The Morgan fingerprint density at radius 1 is 1.18 bits per heavy atom. The van der Waals surface area contributed by atoms with E-state index in [-0.39, 0.29) is 18.6 Å². The Morgan fingerprint density at radius 3 is 2.64 bits per heavy atom. The molecular formula is C18H20BrNO2. The number of rotatable bonds is 5. The largest absolute Gasteiger partial charge is 0.484 e. The Bertz CT molecular complexity index is 670. The van der Waals surface area contributed by atoms with Crippen LogP contribution in [-0.2, 0) is 4.79 Å². The lowest BCUT2D eigenvalue weighted by atomic mass is 10.1. The van der Waals surface area contributed by atoms with Crippen molar-refractivity contribution in [3.63, 3.8) is 0 Å². The monoisotopic (exact) mass is 361 g/mol. The van der Waals surface area contributed by atoms with Crippen molar-refractivity contribution >= 4 is 21.8 Å². The minimum atomic E-state index is -0.134. The molecule has 1 amide bonds. The smallest absolute Gasteiger partial charge is 0.258 e. The van der Waals surface area contributed by atoms with Crippen LogP contribution in [0.2, 0.25) is 0 Å². The van der Waals surface area contributed by atoms with Gasteiger partial charge in [0.15, 0.2) is 6.61 Å². The fraction of sp³-hybridized carbons (Fsp3) is 0.278. The summed E-state index contributed by atoms with van der Waals surface area (Å²) in [5.74, 6) is 0.582. The average Bonchev–Trinajstić information content (AvgIpc) is 2.48. The summed E-state index contributed by atoms with van der Waals surface area (Å²) in [4.78, 5) is 12.0. The van der Waals surface area contributed by atoms with Crippen LogP contribution < -0.4 is 10.1 Å². The van der Waals surface area contributed by atoms with E-state index in [1.54, 1.807) is 0 Å². The first-order valence-electron chi connectivity index (χ1n) is 7.20. The molecule has 0 aliphatic heterocycles. The van der Waals surface area contributed by atoms with E-state index < -0.39 is 0 Å². The summed E-state index contributed by atoms with van der Waals surface area (Å²) < 4.78 is 6.54. The SMILES string of the molecule is Cc1ccc(OCC(=O)NC(C)c2cccc(Br)c2)cc1C. The zero-order valence-corrected chi connectivity index (χ0v) is 14.6. The summed E-state index contributed by atoms with van der Waals surface area (Å²) in [5.41, 5.74) is 3.41. The van der Waals surface area contributed by atoms with E-state index in [4.69, 9.17) is 4.74 Å². The number of hydrogen-bond acceptors (Lipinski definition) is 2. The standard InChI is InChI=1S/C18H20BrNO2/c1-12-7-8-17(9-13(12)2)22-11-18(21)20-14(3)15-5-4-6-16(19)10-15/h4-10,14H,11H2,1-3H3,(H,20,21). The molecule has 0 heterocycles. The first kappa shape index (κ1) is 16.6. The highest BCUT2D eigenvalue weighted by Crippen LogP contribution is 2.18. The first-order chi connectivity index (χ1) is 10.5. The van der Waals surface area contributed by atoms with Crippen molar-refractivity contribution in [3.05, 3.63) is 63.6 Å². The van der Waals surface area contributed by atoms with E-state index >= 15 is 0 Å². The Kier molecular flexibility index (Phi) is 5.61. The van der Waals surface area contributed by atoms with Crippen LogP contribution in [0.1, 0.15) is 29.7 Å². The number of amides is 1. The normalized spacial score (nSPS) is 11.8. The molecule has 22 heavy (non-hydrogen) atoms. The third-order valence-corrected chi connectivity index (χ3v) is 4.07. The van der Waals surface area contributed by atoms with Gasteiger partial charge in [0.2, 0.25) is 0 Å². The molecule has 1 N–H and O–H groups in total. The van der Waals surface area contributed by atoms with E-state index in [9.17, 15) is 4.79 Å². The molecule has 0 radical (unpaired) electrons. The summed E-state index contributed by atoms with van der Waals surface area (Å²) in [6, 6.07) is 13.7. The summed E-state index contributed by atoms with van der Waals surface area (Å²) >= 11 is 3.43. The molecule has 3 nitrogen and oxygen atoms in total. The van der Waals surface area contributed by atoms with Crippen molar-refractivity contribution in [2.45, 2.75) is 26.8 Å². The summed E-state index contributed by atoms with van der Waals surface area (Å²) in [7, 11) is 0. The van der Waals surface area contributed by atoms with Gasteiger partial charge in [-0.05, 0) is 61.7 Å². The third kappa shape index (κ3) is 4.60. The van der Waals surface area contributed by atoms with Crippen molar-refractivity contribution in [2.24, 2.45) is 0 Å². The van der Waals surface area contributed by atoms with Crippen LogP contribution in [0.5, 0.6) is 5.75 Å². The van der Waals surface area contributed by atoms with Crippen LogP contribution in [0.3, 0.4) is 0 Å². The van der Waals surface area contributed by atoms with Gasteiger partial charge in [-0.3, -0.25) is 4.79 Å². The number of carbonyl (C=O) groups is 1. The van der Waals surface area contributed by atoms with Crippen molar-refractivity contribution < 1.29 is 9.53 Å². The highest BCUT2D eigenvalue weighted by molar-refractivity contribution is 9.10. The van der Waals surface area contributed by atoms with Crippen molar-refractivity contribution in [3.8, 4) is 5.75 Å². The van der Waals surface area contributed by atoms with Gasteiger partial charge >= 0.3 is 0 Å². The molecule has 2 aromatic carbocycles.